The molecule has 2 rings (SSSR count). The van der Waals surface area contributed by atoms with Gasteiger partial charge in [-0.25, -0.2) is 0 Å². The van der Waals surface area contributed by atoms with Crippen LogP contribution in [0.1, 0.15) is 33.3 Å². The van der Waals surface area contributed by atoms with Gasteiger partial charge in [-0.05, 0) is 25.5 Å². The van der Waals surface area contributed by atoms with Crippen LogP contribution in [-0.2, 0) is 10.2 Å². The smallest absolute Gasteiger partial charge is 0.154 e. The fourth-order valence-corrected chi connectivity index (χ4v) is 2.63. The summed E-state index contributed by atoms with van der Waals surface area (Å²) < 4.78 is 0. The lowest BCUT2D eigenvalue weighted by Crippen LogP contribution is -2.26. The summed E-state index contributed by atoms with van der Waals surface area (Å²) >= 11 is 0. The van der Waals surface area contributed by atoms with Gasteiger partial charge in [0.25, 0.3) is 0 Å². The van der Waals surface area contributed by atoms with Gasteiger partial charge in [-0.15, -0.1) is 0 Å². The molecule has 2 nitrogen and oxygen atoms in total. The van der Waals surface area contributed by atoms with E-state index in [1.54, 1.807) is 13.0 Å². The highest BCUT2D eigenvalue weighted by atomic mass is 16.1. The van der Waals surface area contributed by atoms with Crippen molar-refractivity contribution in [2.45, 2.75) is 33.1 Å². The number of carbonyl (C=O) groups excluding carboxylic acids is 1. The van der Waals surface area contributed by atoms with Crippen molar-refractivity contribution in [3.05, 3.63) is 41.6 Å². The van der Waals surface area contributed by atoms with Crippen LogP contribution in [0.4, 0.5) is 5.69 Å². The lowest BCUT2D eigenvalue weighted by Gasteiger charge is -2.25. The number of allylic oxidation sites excluding steroid dienone is 2. The number of fused-ring (bicyclic) bond motifs is 1. The third-order valence-corrected chi connectivity index (χ3v) is 3.46. The van der Waals surface area contributed by atoms with Gasteiger partial charge in [0.15, 0.2) is 5.78 Å². The third kappa shape index (κ3) is 1.78. The van der Waals surface area contributed by atoms with Crippen molar-refractivity contribution >= 4 is 11.5 Å². The second kappa shape index (κ2) is 4.02. The summed E-state index contributed by atoms with van der Waals surface area (Å²) in [7, 11) is 0. The Kier molecular flexibility index (Phi) is 2.82. The van der Waals surface area contributed by atoms with Gasteiger partial charge in [0.2, 0.25) is 0 Å². The fraction of sp³-hybridized carbons (Fsp3) is 0.400. The highest BCUT2D eigenvalue weighted by Gasteiger charge is 2.39. The van der Waals surface area contributed by atoms with Crippen molar-refractivity contribution in [3.8, 4) is 0 Å². The first-order chi connectivity index (χ1) is 7.98. The van der Waals surface area contributed by atoms with E-state index in [1.165, 1.54) is 11.3 Å². The molecule has 0 bridgehead atoms. The molecule has 1 aliphatic heterocycles. The molecule has 0 atom stereocenters. The lowest BCUT2D eigenvalue weighted by atomic mass is 9.83. The van der Waals surface area contributed by atoms with Crippen LogP contribution in [-0.4, -0.2) is 12.3 Å². The molecule has 0 spiro atoms. The third-order valence-electron chi connectivity index (χ3n) is 3.46. The summed E-state index contributed by atoms with van der Waals surface area (Å²) in [6.07, 6.45) is 1.77. The molecule has 0 saturated carbocycles. The van der Waals surface area contributed by atoms with E-state index >= 15 is 0 Å². The van der Waals surface area contributed by atoms with Crippen LogP contribution in [0.3, 0.4) is 0 Å². The van der Waals surface area contributed by atoms with Gasteiger partial charge in [-0.2, -0.15) is 0 Å². The molecule has 0 aliphatic carbocycles. The standard InChI is InChI=1S/C15H19NO/c1-5-16-13-9-7-6-8-12(13)15(3,4)14(16)10-11(2)17/h6-10H,5H2,1-4H3/b14-10+. The Hall–Kier alpha value is -1.57. The van der Waals surface area contributed by atoms with E-state index in [-0.39, 0.29) is 11.2 Å². The lowest BCUT2D eigenvalue weighted by molar-refractivity contribution is -0.112. The molecule has 0 fully saturated rings. The Morgan fingerprint density at radius 2 is 2.00 bits per heavy atom. The van der Waals surface area contributed by atoms with Crippen LogP contribution in [0, 0.1) is 0 Å². The van der Waals surface area contributed by atoms with Gasteiger partial charge in [0, 0.05) is 29.4 Å². The van der Waals surface area contributed by atoms with Gasteiger partial charge < -0.3 is 4.90 Å². The summed E-state index contributed by atoms with van der Waals surface area (Å²) in [4.78, 5) is 13.6. The zero-order valence-electron chi connectivity index (χ0n) is 10.9. The summed E-state index contributed by atoms with van der Waals surface area (Å²) in [6.45, 7) is 8.97. The molecule has 0 aromatic heterocycles. The van der Waals surface area contributed by atoms with Crippen LogP contribution in [0.2, 0.25) is 0 Å². The maximum atomic E-state index is 11.4. The molecule has 90 valence electrons. The summed E-state index contributed by atoms with van der Waals surface area (Å²) in [6, 6.07) is 8.39. The predicted octanol–water partition coefficient (Wildman–Crippen LogP) is 3.28. The number of nitrogens with zero attached hydrogens (tertiary/aromatic N) is 1. The molecule has 0 unspecified atom stereocenters. The van der Waals surface area contributed by atoms with Crippen LogP contribution in [0.5, 0.6) is 0 Å². The molecule has 17 heavy (non-hydrogen) atoms. The topological polar surface area (TPSA) is 20.3 Å². The van der Waals surface area contributed by atoms with Gasteiger partial charge >= 0.3 is 0 Å². The van der Waals surface area contributed by atoms with E-state index < -0.39 is 0 Å². The monoisotopic (exact) mass is 229 g/mol. The summed E-state index contributed by atoms with van der Waals surface area (Å²) in [5.41, 5.74) is 3.55. The largest absolute Gasteiger partial charge is 0.344 e. The molecule has 0 radical (unpaired) electrons. The average Bonchev–Trinajstić information content (AvgIpc) is 2.48. The molecular weight excluding hydrogens is 210 g/mol. The predicted molar refractivity (Wildman–Crippen MR) is 71.3 cm³/mol. The maximum absolute atomic E-state index is 11.4. The highest BCUT2D eigenvalue weighted by Crippen LogP contribution is 2.47. The van der Waals surface area contributed by atoms with Gasteiger partial charge in [-0.1, -0.05) is 32.0 Å². The summed E-state index contributed by atoms with van der Waals surface area (Å²) in [5.74, 6) is 0.110. The van der Waals surface area contributed by atoms with Crippen molar-refractivity contribution in [2.75, 3.05) is 11.4 Å². The molecule has 1 heterocycles. The van der Waals surface area contributed by atoms with E-state index in [1.807, 2.05) is 6.07 Å². The van der Waals surface area contributed by atoms with Crippen molar-refractivity contribution in [2.24, 2.45) is 0 Å². The van der Waals surface area contributed by atoms with E-state index in [4.69, 9.17) is 0 Å². The second-order valence-electron chi connectivity index (χ2n) is 5.03. The van der Waals surface area contributed by atoms with Crippen LogP contribution in [0.25, 0.3) is 0 Å². The first kappa shape index (κ1) is 11.9. The van der Waals surface area contributed by atoms with E-state index in [0.29, 0.717) is 0 Å². The van der Waals surface area contributed by atoms with Crippen LogP contribution < -0.4 is 4.90 Å². The molecule has 0 N–H and O–H groups in total. The molecule has 1 aromatic carbocycles. The minimum Gasteiger partial charge on any atom is -0.344 e. The number of likely N-dealkylation sites (N-methyl/N-ethyl adjacent to an activating group) is 1. The number of hydrogen-bond donors (Lipinski definition) is 0. The minimum atomic E-state index is -0.0850. The van der Waals surface area contributed by atoms with Crippen molar-refractivity contribution < 1.29 is 4.79 Å². The van der Waals surface area contributed by atoms with Gasteiger partial charge in [0.1, 0.15) is 0 Å². The number of anilines is 1. The maximum Gasteiger partial charge on any atom is 0.154 e. The number of carbonyl (C=O) groups is 1. The zero-order chi connectivity index (χ0) is 12.6. The SMILES string of the molecule is CCN1/C(=C/C(C)=O)C(C)(C)c2ccccc21. The molecule has 0 saturated heterocycles. The number of benzene rings is 1. The fourth-order valence-electron chi connectivity index (χ4n) is 2.63. The van der Waals surface area contributed by atoms with E-state index in [9.17, 15) is 4.79 Å². The number of rotatable bonds is 2. The van der Waals surface area contributed by atoms with Crippen molar-refractivity contribution in [3.63, 3.8) is 0 Å². The highest BCUT2D eigenvalue weighted by molar-refractivity contribution is 5.90. The Labute approximate surface area is 103 Å². The van der Waals surface area contributed by atoms with E-state index in [2.05, 4.69) is 43.9 Å². The second-order valence-corrected chi connectivity index (χ2v) is 5.03. The number of para-hydroxylation sites is 1. The normalized spacial score (nSPS) is 19.5. The Morgan fingerprint density at radius 3 is 2.59 bits per heavy atom. The molecular formula is C15H19NO. The van der Waals surface area contributed by atoms with Crippen molar-refractivity contribution in [1.82, 2.24) is 0 Å². The molecule has 1 aromatic rings. The van der Waals surface area contributed by atoms with E-state index in [0.717, 1.165) is 12.2 Å². The first-order valence-corrected chi connectivity index (χ1v) is 6.08. The van der Waals surface area contributed by atoms with Crippen LogP contribution >= 0.6 is 0 Å². The quantitative estimate of drug-likeness (QED) is 0.725. The molecule has 0 amide bonds. The molecule has 1 aliphatic rings. The Morgan fingerprint density at radius 1 is 1.35 bits per heavy atom. The molecule has 2 heteroatoms. The first-order valence-electron chi connectivity index (χ1n) is 6.08. The minimum absolute atomic E-state index is 0.0850. The van der Waals surface area contributed by atoms with Gasteiger partial charge in [0.05, 0.1) is 0 Å². The Bertz CT molecular complexity index is 485. The summed E-state index contributed by atoms with van der Waals surface area (Å²) in [5, 5.41) is 0. The number of hydrogen-bond acceptors (Lipinski definition) is 2. The van der Waals surface area contributed by atoms with Crippen molar-refractivity contribution in [1.29, 1.82) is 0 Å². The Balaban J connectivity index is 2.63. The number of ketones is 1. The zero-order valence-corrected chi connectivity index (χ0v) is 10.9. The average molecular weight is 229 g/mol. The van der Waals surface area contributed by atoms with Crippen LogP contribution in [0.15, 0.2) is 36.0 Å². The van der Waals surface area contributed by atoms with Gasteiger partial charge in [-0.3, -0.25) is 4.79 Å².